The second-order valence-corrected chi connectivity index (χ2v) is 12.8. The van der Waals surface area contributed by atoms with Crippen LogP contribution in [0.1, 0.15) is 42.7 Å². The molecule has 0 amide bonds. The summed E-state index contributed by atoms with van der Waals surface area (Å²) in [7, 11) is -3.87. The highest BCUT2D eigenvalue weighted by Gasteiger charge is 2.34. The number of likely N-dealkylation sites (tertiary alicyclic amines) is 1. The minimum atomic E-state index is -3.87. The van der Waals surface area contributed by atoms with Gasteiger partial charge in [-0.2, -0.15) is 4.31 Å². The predicted octanol–water partition coefficient (Wildman–Crippen LogP) is 1.30. The van der Waals surface area contributed by atoms with Crippen molar-refractivity contribution in [2.45, 2.75) is 74.3 Å². The van der Waals surface area contributed by atoms with Gasteiger partial charge in [-0.3, -0.25) is 0 Å². The molecule has 0 radical (unpaired) electrons. The first-order chi connectivity index (χ1) is 19.0. The molecule has 15 heteroatoms. The van der Waals surface area contributed by atoms with Crippen molar-refractivity contribution in [1.29, 1.82) is 0 Å². The Labute approximate surface area is 234 Å². The SMILES string of the molecule is O=C(O)C(O)C(O)C(=O)O.O=S(=O)(c1ccccc1F)N1CCc2nc(OC3CCN(C4CCC4)CC3)sc2C1. The fourth-order valence-corrected chi connectivity index (χ4v) is 7.31. The summed E-state index contributed by atoms with van der Waals surface area (Å²) in [6.07, 6.45) is 2.19. The second kappa shape index (κ2) is 12.9. The lowest BCUT2D eigenvalue weighted by molar-refractivity contribution is -0.165. The van der Waals surface area contributed by atoms with Crippen LogP contribution in [0.4, 0.5) is 4.39 Å². The maximum atomic E-state index is 14.1. The number of carboxylic acid groups (broad SMARTS) is 2. The van der Waals surface area contributed by atoms with Crippen LogP contribution in [0.2, 0.25) is 0 Å². The van der Waals surface area contributed by atoms with Crippen molar-refractivity contribution in [2.75, 3.05) is 19.6 Å². The molecule has 1 aliphatic carbocycles. The van der Waals surface area contributed by atoms with Gasteiger partial charge in [-0.1, -0.05) is 29.9 Å². The Morgan fingerprint density at radius 2 is 1.65 bits per heavy atom. The molecule has 0 bridgehead atoms. The van der Waals surface area contributed by atoms with Gasteiger partial charge in [-0.05, 0) is 37.8 Å². The Kier molecular flexibility index (Phi) is 9.74. The molecule has 4 N–H and O–H groups in total. The summed E-state index contributed by atoms with van der Waals surface area (Å²) in [5, 5.41) is 33.2. The molecule has 12 nitrogen and oxygen atoms in total. The minimum Gasteiger partial charge on any atom is -0.479 e. The maximum absolute atomic E-state index is 14.1. The Balaban J connectivity index is 0.000000318. The van der Waals surface area contributed by atoms with Crippen LogP contribution in [-0.4, -0.2) is 99.0 Å². The molecule has 2 fully saturated rings. The number of rotatable bonds is 8. The van der Waals surface area contributed by atoms with Crippen LogP contribution in [0.5, 0.6) is 5.19 Å². The third-order valence-corrected chi connectivity index (χ3v) is 10.1. The van der Waals surface area contributed by atoms with Crippen LogP contribution in [0, 0.1) is 5.82 Å². The van der Waals surface area contributed by atoms with E-state index in [9.17, 15) is 22.4 Å². The number of sulfonamides is 1. The number of ether oxygens (including phenoxy) is 1. The zero-order valence-corrected chi connectivity index (χ0v) is 23.2. The third kappa shape index (κ3) is 6.95. The minimum absolute atomic E-state index is 0.173. The van der Waals surface area contributed by atoms with Crippen molar-refractivity contribution < 1.29 is 47.6 Å². The first kappa shape index (κ1) is 30.3. The van der Waals surface area contributed by atoms with Gasteiger partial charge in [0.1, 0.15) is 16.8 Å². The average Bonchev–Trinajstić information content (AvgIpc) is 3.30. The molecule has 2 unspecified atom stereocenters. The molecule has 220 valence electrons. The highest BCUT2D eigenvalue weighted by molar-refractivity contribution is 7.89. The van der Waals surface area contributed by atoms with Gasteiger partial charge in [0.2, 0.25) is 10.0 Å². The molecule has 40 heavy (non-hydrogen) atoms. The monoisotopic (exact) mass is 601 g/mol. The van der Waals surface area contributed by atoms with Gasteiger partial charge in [0.05, 0.1) is 12.2 Å². The summed E-state index contributed by atoms with van der Waals surface area (Å²) in [6, 6.07) is 6.31. The van der Waals surface area contributed by atoms with Crippen molar-refractivity contribution in [1.82, 2.24) is 14.2 Å². The summed E-state index contributed by atoms with van der Waals surface area (Å²) in [5.41, 5.74) is 0.905. The Hall–Kier alpha value is -2.69. The van der Waals surface area contributed by atoms with Crippen LogP contribution < -0.4 is 4.74 Å². The molecular formula is C25H32FN3O9S2. The van der Waals surface area contributed by atoms with Gasteiger partial charge in [-0.15, -0.1) is 0 Å². The number of aliphatic hydroxyl groups excluding tert-OH is 2. The molecular weight excluding hydrogens is 569 g/mol. The normalized spacial score (nSPS) is 20.4. The van der Waals surface area contributed by atoms with Crippen molar-refractivity contribution >= 4 is 33.3 Å². The van der Waals surface area contributed by atoms with E-state index < -0.39 is 40.0 Å². The van der Waals surface area contributed by atoms with Crippen molar-refractivity contribution in [3.05, 3.63) is 40.7 Å². The lowest BCUT2D eigenvalue weighted by atomic mass is 9.90. The summed E-state index contributed by atoms with van der Waals surface area (Å²) in [5.74, 6) is -4.25. The van der Waals surface area contributed by atoms with Gasteiger partial charge in [0.15, 0.2) is 12.2 Å². The first-order valence-corrected chi connectivity index (χ1v) is 15.2. The smallest absolute Gasteiger partial charge is 0.335 e. The van der Waals surface area contributed by atoms with Crippen LogP contribution in [0.25, 0.3) is 0 Å². The van der Waals surface area contributed by atoms with Gasteiger partial charge in [0, 0.05) is 37.0 Å². The number of carbonyl (C=O) groups is 2. The van der Waals surface area contributed by atoms with Crippen molar-refractivity contribution in [3.8, 4) is 5.19 Å². The number of benzene rings is 1. The van der Waals surface area contributed by atoms with Crippen molar-refractivity contribution in [3.63, 3.8) is 0 Å². The molecule has 2 aliphatic heterocycles. The van der Waals surface area contributed by atoms with E-state index in [0.29, 0.717) is 18.2 Å². The number of aromatic nitrogens is 1. The number of aliphatic carboxylic acids is 2. The fourth-order valence-electron chi connectivity index (χ4n) is 4.72. The number of aliphatic hydroxyl groups is 2. The largest absolute Gasteiger partial charge is 0.479 e. The average molecular weight is 602 g/mol. The van der Waals surface area contributed by atoms with E-state index >= 15 is 0 Å². The van der Waals surface area contributed by atoms with Crippen LogP contribution >= 0.6 is 11.3 Å². The number of hydrogen-bond donors (Lipinski definition) is 4. The topological polar surface area (TPSA) is 178 Å². The van der Waals surface area contributed by atoms with E-state index in [-0.39, 0.29) is 17.5 Å². The Bertz CT molecular complexity index is 1290. The van der Waals surface area contributed by atoms with Gasteiger partial charge in [0.25, 0.3) is 5.19 Å². The summed E-state index contributed by atoms with van der Waals surface area (Å²) < 4.78 is 47.4. The molecule has 2 atom stereocenters. The van der Waals surface area contributed by atoms with E-state index in [4.69, 9.17) is 25.2 Å². The molecule has 1 aromatic carbocycles. The van der Waals surface area contributed by atoms with E-state index in [0.717, 1.165) is 42.5 Å². The molecule has 1 saturated carbocycles. The van der Waals surface area contributed by atoms with Crippen LogP contribution in [-0.2, 0) is 32.6 Å². The third-order valence-electron chi connectivity index (χ3n) is 7.27. The molecule has 3 heterocycles. The number of thiazole rings is 1. The Morgan fingerprint density at radius 1 is 1.02 bits per heavy atom. The molecule has 3 aliphatic rings. The van der Waals surface area contributed by atoms with E-state index in [2.05, 4.69) is 9.88 Å². The lowest BCUT2D eigenvalue weighted by Crippen LogP contribution is -2.46. The number of nitrogens with zero attached hydrogens (tertiary/aromatic N) is 3. The highest BCUT2D eigenvalue weighted by atomic mass is 32.2. The van der Waals surface area contributed by atoms with Crippen LogP contribution in [0.3, 0.4) is 0 Å². The highest BCUT2D eigenvalue weighted by Crippen LogP contribution is 2.34. The van der Waals surface area contributed by atoms with Gasteiger partial charge in [-0.25, -0.2) is 27.4 Å². The maximum Gasteiger partial charge on any atom is 0.335 e. The van der Waals surface area contributed by atoms with Crippen LogP contribution in [0.15, 0.2) is 29.2 Å². The molecule has 0 spiro atoms. The summed E-state index contributed by atoms with van der Waals surface area (Å²) >= 11 is 1.42. The predicted molar refractivity (Wildman–Crippen MR) is 140 cm³/mol. The zero-order chi connectivity index (χ0) is 29.0. The zero-order valence-electron chi connectivity index (χ0n) is 21.6. The molecule has 5 rings (SSSR count). The van der Waals surface area contributed by atoms with Crippen molar-refractivity contribution in [2.24, 2.45) is 0 Å². The second-order valence-electron chi connectivity index (χ2n) is 9.87. The van der Waals surface area contributed by atoms with E-state index in [1.165, 1.54) is 53.1 Å². The number of piperidine rings is 1. The number of carboxylic acids is 2. The van der Waals surface area contributed by atoms with Gasteiger partial charge < -0.3 is 30.1 Å². The molecule has 1 saturated heterocycles. The van der Waals surface area contributed by atoms with Gasteiger partial charge >= 0.3 is 11.9 Å². The van der Waals surface area contributed by atoms with E-state index in [1.54, 1.807) is 6.07 Å². The standard InChI is InChI=1S/C21H26FN3O3S2.C4H6O6/c22-17-6-1-2-7-20(17)30(26,27)25-13-10-18-19(14-25)29-21(23-18)28-16-8-11-24(12-9-16)15-4-3-5-15;5-1(3(7)8)2(6)4(9)10/h1-2,6-7,15-16H,3-5,8-14H2;1-2,5-6H,(H,7,8)(H,9,10). The summed E-state index contributed by atoms with van der Waals surface area (Å²) in [6.45, 7) is 2.67. The Morgan fingerprint density at radius 3 is 2.20 bits per heavy atom. The quantitative estimate of drug-likeness (QED) is 0.343. The lowest BCUT2D eigenvalue weighted by Gasteiger charge is -2.41. The number of halogens is 1. The summed E-state index contributed by atoms with van der Waals surface area (Å²) in [4.78, 5) is 27.4. The number of hydrogen-bond acceptors (Lipinski definition) is 10. The van der Waals surface area contributed by atoms with E-state index in [1.807, 2.05) is 0 Å². The molecule has 1 aromatic heterocycles. The fraction of sp³-hybridized carbons (Fsp3) is 0.560. The first-order valence-electron chi connectivity index (χ1n) is 12.9. The molecule has 2 aromatic rings. The number of fused-ring (bicyclic) bond motifs is 1.